The number of hydrogen-bond donors (Lipinski definition) is 1. The molecule has 0 aliphatic carbocycles. The van der Waals surface area contributed by atoms with E-state index in [0.717, 1.165) is 48.1 Å². The normalized spacial score (nSPS) is 15.7. The molecule has 146 valence electrons. The number of nitrogens with one attached hydrogen (secondary N) is 1. The minimum Gasteiger partial charge on any atom is -0.339 e. The Balaban J connectivity index is 1.25. The van der Waals surface area contributed by atoms with Crippen LogP contribution in [0.3, 0.4) is 0 Å². The van der Waals surface area contributed by atoms with Gasteiger partial charge in [0.2, 0.25) is 11.7 Å². The fourth-order valence-electron chi connectivity index (χ4n) is 3.89. The molecule has 1 fully saturated rings. The molecule has 0 spiro atoms. The van der Waals surface area contributed by atoms with Gasteiger partial charge >= 0.3 is 0 Å². The highest BCUT2D eigenvalue weighted by Gasteiger charge is 2.26. The minimum atomic E-state index is -0.0114. The van der Waals surface area contributed by atoms with Gasteiger partial charge in [-0.1, -0.05) is 29.4 Å². The summed E-state index contributed by atoms with van der Waals surface area (Å²) in [5, 5.41) is 5.14. The number of likely N-dealkylation sites (tertiary alicyclic amines) is 1. The van der Waals surface area contributed by atoms with Crippen LogP contribution in [0, 0.1) is 0 Å². The van der Waals surface area contributed by atoms with Crippen molar-refractivity contribution in [2.24, 2.45) is 0 Å². The van der Waals surface area contributed by atoms with Gasteiger partial charge in [-0.15, -0.1) is 0 Å². The number of pyridine rings is 2. The maximum atomic E-state index is 12.4. The zero-order valence-electron chi connectivity index (χ0n) is 15.9. The van der Waals surface area contributed by atoms with E-state index >= 15 is 0 Å². The van der Waals surface area contributed by atoms with Crippen LogP contribution in [0.2, 0.25) is 0 Å². The Hall–Kier alpha value is -3.32. The van der Waals surface area contributed by atoms with Crippen molar-refractivity contribution in [3.8, 4) is 11.5 Å². The van der Waals surface area contributed by atoms with Crippen LogP contribution in [-0.4, -0.2) is 38.1 Å². The summed E-state index contributed by atoms with van der Waals surface area (Å²) in [7, 11) is 0. The van der Waals surface area contributed by atoms with Gasteiger partial charge in [0, 0.05) is 29.7 Å². The van der Waals surface area contributed by atoms with E-state index in [1.54, 1.807) is 6.20 Å². The topological polar surface area (TPSA) is 87.9 Å². The first-order chi connectivity index (χ1) is 14.3. The first-order valence-electron chi connectivity index (χ1n) is 9.84. The molecule has 1 aliphatic rings. The standard InChI is InChI=1S/C22H21N5O2/c28-21-17(13-16-5-1-2-6-18(16)24-21)14-27-11-8-15(9-12-27)22-25-20(26-29-22)19-7-3-4-10-23-19/h1-7,10,13,15H,8-9,11-12,14H2,(H,24,28). The molecule has 0 unspecified atom stereocenters. The molecule has 4 heterocycles. The Kier molecular flexibility index (Phi) is 4.65. The van der Waals surface area contributed by atoms with E-state index in [1.165, 1.54) is 0 Å². The van der Waals surface area contributed by atoms with Crippen molar-refractivity contribution in [1.29, 1.82) is 0 Å². The number of fused-ring (bicyclic) bond motifs is 1. The second kappa shape index (κ2) is 7.60. The Bertz CT molecular complexity index is 1180. The smallest absolute Gasteiger partial charge is 0.252 e. The Morgan fingerprint density at radius 3 is 2.76 bits per heavy atom. The largest absolute Gasteiger partial charge is 0.339 e. The number of para-hydroxylation sites is 1. The lowest BCUT2D eigenvalue weighted by atomic mass is 9.96. The summed E-state index contributed by atoms with van der Waals surface area (Å²) in [5.41, 5.74) is 2.38. The van der Waals surface area contributed by atoms with Crippen molar-refractivity contribution in [1.82, 2.24) is 25.0 Å². The minimum absolute atomic E-state index is 0.0114. The van der Waals surface area contributed by atoms with E-state index < -0.39 is 0 Å². The number of rotatable bonds is 4. The lowest BCUT2D eigenvalue weighted by Gasteiger charge is -2.30. The van der Waals surface area contributed by atoms with Crippen molar-refractivity contribution in [3.05, 3.63) is 76.5 Å². The SMILES string of the molecule is O=c1[nH]c2ccccc2cc1CN1CCC(c2nc(-c3ccccn3)no2)CC1. The highest BCUT2D eigenvalue weighted by atomic mass is 16.5. The molecule has 1 N–H and O–H groups in total. The summed E-state index contributed by atoms with van der Waals surface area (Å²) in [6.45, 7) is 2.42. The molecule has 4 aromatic rings. The fraction of sp³-hybridized carbons (Fsp3) is 0.273. The molecule has 0 bridgehead atoms. The first kappa shape index (κ1) is 17.8. The summed E-state index contributed by atoms with van der Waals surface area (Å²) in [4.78, 5) is 26.5. The molecule has 0 atom stereocenters. The lowest BCUT2D eigenvalue weighted by molar-refractivity contribution is 0.187. The van der Waals surface area contributed by atoms with E-state index in [4.69, 9.17) is 4.52 Å². The van der Waals surface area contributed by atoms with Gasteiger partial charge in [0.05, 0.1) is 0 Å². The summed E-state index contributed by atoms with van der Waals surface area (Å²) in [6.07, 6.45) is 3.57. The predicted molar refractivity (Wildman–Crippen MR) is 109 cm³/mol. The Labute approximate surface area is 167 Å². The van der Waals surface area contributed by atoms with E-state index in [2.05, 4.69) is 25.0 Å². The van der Waals surface area contributed by atoms with E-state index in [1.807, 2.05) is 48.5 Å². The molecule has 7 nitrogen and oxygen atoms in total. The third kappa shape index (κ3) is 3.69. The van der Waals surface area contributed by atoms with E-state index in [-0.39, 0.29) is 11.5 Å². The molecular formula is C22H21N5O2. The predicted octanol–water partition coefficient (Wildman–Crippen LogP) is 3.35. The van der Waals surface area contributed by atoms with Crippen molar-refractivity contribution in [2.75, 3.05) is 13.1 Å². The van der Waals surface area contributed by atoms with Crippen LogP contribution < -0.4 is 5.56 Å². The Morgan fingerprint density at radius 2 is 1.93 bits per heavy atom. The van der Waals surface area contributed by atoms with Crippen molar-refractivity contribution in [3.63, 3.8) is 0 Å². The second-order valence-electron chi connectivity index (χ2n) is 7.43. The summed E-state index contributed by atoms with van der Waals surface area (Å²) in [6, 6.07) is 15.5. The van der Waals surface area contributed by atoms with Crippen molar-refractivity contribution < 1.29 is 4.52 Å². The van der Waals surface area contributed by atoms with Crippen LogP contribution in [0.5, 0.6) is 0 Å². The maximum absolute atomic E-state index is 12.4. The molecule has 1 saturated heterocycles. The molecule has 29 heavy (non-hydrogen) atoms. The quantitative estimate of drug-likeness (QED) is 0.578. The second-order valence-corrected chi connectivity index (χ2v) is 7.43. The maximum Gasteiger partial charge on any atom is 0.252 e. The highest BCUT2D eigenvalue weighted by Crippen LogP contribution is 2.28. The monoisotopic (exact) mass is 387 g/mol. The molecule has 0 amide bonds. The number of aromatic amines is 1. The number of benzene rings is 1. The number of H-pyrrole nitrogens is 1. The van der Waals surface area contributed by atoms with Crippen LogP contribution in [0.25, 0.3) is 22.4 Å². The first-order valence-corrected chi connectivity index (χ1v) is 9.84. The molecule has 1 aromatic carbocycles. The number of hydrogen-bond acceptors (Lipinski definition) is 6. The molecule has 5 rings (SSSR count). The molecule has 3 aromatic heterocycles. The van der Waals surface area contributed by atoms with Crippen LogP contribution in [0.4, 0.5) is 0 Å². The van der Waals surface area contributed by atoms with Gasteiger partial charge in [0.15, 0.2) is 0 Å². The molecular weight excluding hydrogens is 366 g/mol. The number of nitrogens with zero attached hydrogens (tertiary/aromatic N) is 4. The van der Waals surface area contributed by atoms with Crippen LogP contribution in [-0.2, 0) is 6.54 Å². The summed E-state index contributed by atoms with van der Waals surface area (Å²) in [5.74, 6) is 1.45. The van der Waals surface area contributed by atoms with Crippen molar-refractivity contribution in [2.45, 2.75) is 25.3 Å². The highest BCUT2D eigenvalue weighted by molar-refractivity contribution is 5.78. The van der Waals surface area contributed by atoms with Crippen molar-refractivity contribution >= 4 is 10.9 Å². The molecule has 0 radical (unpaired) electrons. The van der Waals surface area contributed by atoms with Crippen LogP contribution in [0.15, 0.2) is 64.0 Å². The third-order valence-electron chi connectivity index (χ3n) is 5.50. The molecule has 7 heteroatoms. The number of piperidine rings is 1. The van der Waals surface area contributed by atoms with Gasteiger partial charge in [-0.05, 0) is 55.6 Å². The Morgan fingerprint density at radius 1 is 1.10 bits per heavy atom. The summed E-state index contributed by atoms with van der Waals surface area (Å²) >= 11 is 0. The fourth-order valence-corrected chi connectivity index (χ4v) is 3.89. The molecule has 0 saturated carbocycles. The van der Waals surface area contributed by atoms with Gasteiger partial charge in [-0.25, -0.2) is 0 Å². The van der Waals surface area contributed by atoms with E-state index in [9.17, 15) is 4.79 Å². The van der Waals surface area contributed by atoms with Gasteiger partial charge in [0.1, 0.15) is 5.69 Å². The average molecular weight is 387 g/mol. The summed E-state index contributed by atoms with van der Waals surface area (Å²) < 4.78 is 5.50. The van der Waals surface area contributed by atoms with Crippen LogP contribution >= 0.6 is 0 Å². The van der Waals surface area contributed by atoms with Gasteiger partial charge in [-0.2, -0.15) is 4.98 Å². The van der Waals surface area contributed by atoms with Gasteiger partial charge in [-0.3, -0.25) is 14.7 Å². The van der Waals surface area contributed by atoms with Gasteiger partial charge in [0.25, 0.3) is 5.56 Å². The van der Waals surface area contributed by atoms with E-state index in [0.29, 0.717) is 18.3 Å². The third-order valence-corrected chi connectivity index (χ3v) is 5.50. The van der Waals surface area contributed by atoms with Gasteiger partial charge < -0.3 is 9.51 Å². The zero-order chi connectivity index (χ0) is 19.6. The number of aromatic nitrogens is 4. The zero-order valence-corrected chi connectivity index (χ0v) is 15.9. The molecule has 1 aliphatic heterocycles. The lowest BCUT2D eigenvalue weighted by Crippen LogP contribution is -2.34. The van der Waals surface area contributed by atoms with Crippen LogP contribution in [0.1, 0.15) is 30.2 Å². The average Bonchev–Trinajstić information content (AvgIpc) is 3.26.